The Hall–Kier alpha value is -2.05. The Kier molecular flexibility index (Phi) is 4.17. The van der Waals surface area contributed by atoms with Crippen molar-refractivity contribution in [3.63, 3.8) is 0 Å². The number of imidazole rings is 1. The van der Waals surface area contributed by atoms with Gasteiger partial charge < -0.3 is 34.7 Å². The lowest BCUT2D eigenvalue weighted by Crippen LogP contribution is -2.39. The van der Waals surface area contributed by atoms with Gasteiger partial charge in [-0.3, -0.25) is 9.36 Å². The Morgan fingerprint density at radius 1 is 1.28 bits per heavy atom. The summed E-state index contributed by atoms with van der Waals surface area (Å²) in [5, 5.41) is 29.8. The number of rotatable bonds is 3. The van der Waals surface area contributed by atoms with Crippen LogP contribution in [0.25, 0.3) is 11.2 Å². The number of aromatic nitrogens is 4. The first kappa shape index (κ1) is 16.4. The van der Waals surface area contributed by atoms with E-state index in [2.05, 4.69) is 15.0 Å². The molecule has 2 aliphatic rings. The molecule has 11 heteroatoms. The van der Waals surface area contributed by atoms with Crippen molar-refractivity contribution in [1.82, 2.24) is 19.5 Å². The Bertz CT molecular complexity index is 816. The third-order valence-corrected chi connectivity index (χ3v) is 4.53. The highest BCUT2D eigenvalue weighted by Gasteiger charge is 2.45. The molecule has 136 valence electrons. The second kappa shape index (κ2) is 6.35. The van der Waals surface area contributed by atoms with Gasteiger partial charge in [0.15, 0.2) is 17.4 Å². The maximum Gasteiger partial charge on any atom is 0.278 e. The number of morpholine rings is 1. The first-order chi connectivity index (χ1) is 12.1. The standard InChI is InChI=1S/C14H19N5O6/c20-5-7-9(21)10(22)13(25-7)19-11-8(12(23)16-6-15-11)17-14(19)18-1-3-24-4-2-18/h6-7,9-10,13,20-22H,1-5H2,(H,15,16,23)/t7-,9+,10-,13-/m1/s1. The zero-order chi connectivity index (χ0) is 17.6. The van der Waals surface area contributed by atoms with E-state index in [0.29, 0.717) is 32.3 Å². The van der Waals surface area contributed by atoms with Gasteiger partial charge in [0.25, 0.3) is 5.56 Å². The van der Waals surface area contributed by atoms with Crippen LogP contribution in [0.5, 0.6) is 0 Å². The van der Waals surface area contributed by atoms with E-state index in [1.165, 1.54) is 10.9 Å². The predicted molar refractivity (Wildman–Crippen MR) is 84.2 cm³/mol. The quantitative estimate of drug-likeness (QED) is 0.473. The van der Waals surface area contributed by atoms with Crippen LogP contribution >= 0.6 is 0 Å². The molecule has 0 spiro atoms. The summed E-state index contributed by atoms with van der Waals surface area (Å²) < 4.78 is 12.5. The fraction of sp³-hybridized carbons (Fsp3) is 0.643. The summed E-state index contributed by atoms with van der Waals surface area (Å²) in [4.78, 5) is 25.0. The summed E-state index contributed by atoms with van der Waals surface area (Å²) in [5.74, 6) is 0.400. The number of fused-ring (bicyclic) bond motifs is 1. The van der Waals surface area contributed by atoms with Crippen molar-refractivity contribution in [2.45, 2.75) is 24.5 Å². The smallest absolute Gasteiger partial charge is 0.278 e. The van der Waals surface area contributed by atoms with E-state index in [4.69, 9.17) is 9.47 Å². The van der Waals surface area contributed by atoms with Crippen molar-refractivity contribution in [3.8, 4) is 0 Å². The van der Waals surface area contributed by atoms with Gasteiger partial charge in [-0.15, -0.1) is 0 Å². The van der Waals surface area contributed by atoms with Crippen LogP contribution in [0.2, 0.25) is 0 Å². The molecule has 0 bridgehead atoms. The molecule has 2 saturated heterocycles. The predicted octanol–water partition coefficient (Wildman–Crippen LogP) is -2.43. The van der Waals surface area contributed by atoms with E-state index >= 15 is 0 Å². The fourth-order valence-electron chi connectivity index (χ4n) is 3.22. The second-order valence-corrected chi connectivity index (χ2v) is 6.01. The number of nitrogens with one attached hydrogen (secondary N) is 1. The number of anilines is 1. The number of aliphatic hydroxyl groups is 3. The third kappa shape index (κ3) is 2.60. The largest absolute Gasteiger partial charge is 0.394 e. The molecule has 25 heavy (non-hydrogen) atoms. The third-order valence-electron chi connectivity index (χ3n) is 4.53. The summed E-state index contributed by atoms with van der Waals surface area (Å²) >= 11 is 0. The number of aliphatic hydroxyl groups excluding tert-OH is 3. The van der Waals surface area contributed by atoms with Crippen molar-refractivity contribution in [2.24, 2.45) is 0 Å². The Balaban J connectivity index is 1.86. The molecular weight excluding hydrogens is 334 g/mol. The van der Waals surface area contributed by atoms with Gasteiger partial charge in [-0.25, -0.2) is 9.97 Å². The number of aromatic amines is 1. The molecule has 11 nitrogen and oxygen atoms in total. The van der Waals surface area contributed by atoms with Crippen molar-refractivity contribution < 1.29 is 24.8 Å². The van der Waals surface area contributed by atoms with Crippen molar-refractivity contribution in [1.29, 1.82) is 0 Å². The average Bonchev–Trinajstić information content (AvgIpc) is 3.15. The highest BCUT2D eigenvalue weighted by molar-refractivity contribution is 5.73. The molecule has 4 atom stereocenters. The van der Waals surface area contributed by atoms with Gasteiger partial charge in [0.1, 0.15) is 18.3 Å². The highest BCUT2D eigenvalue weighted by atomic mass is 16.6. The molecule has 4 rings (SSSR count). The SMILES string of the molecule is O=c1[nH]cnc2c1nc(N1CCOCC1)n2[C@@H]1O[C@H](CO)[C@H](O)[C@H]1O. The van der Waals surface area contributed by atoms with E-state index in [9.17, 15) is 20.1 Å². The molecule has 4 N–H and O–H groups in total. The van der Waals surface area contributed by atoms with Gasteiger partial charge in [-0.05, 0) is 0 Å². The normalized spacial score (nSPS) is 30.3. The van der Waals surface area contributed by atoms with Gasteiger partial charge in [-0.2, -0.15) is 0 Å². The second-order valence-electron chi connectivity index (χ2n) is 6.01. The molecule has 0 aromatic carbocycles. The maximum atomic E-state index is 12.1. The zero-order valence-electron chi connectivity index (χ0n) is 13.3. The molecule has 2 aromatic heterocycles. The van der Waals surface area contributed by atoms with E-state index < -0.39 is 36.7 Å². The van der Waals surface area contributed by atoms with Crippen molar-refractivity contribution in [3.05, 3.63) is 16.7 Å². The number of nitrogens with zero attached hydrogens (tertiary/aromatic N) is 4. The maximum absolute atomic E-state index is 12.1. The van der Waals surface area contributed by atoms with Crippen LogP contribution in [0.15, 0.2) is 11.1 Å². The minimum atomic E-state index is -1.30. The number of H-pyrrole nitrogens is 1. The minimum absolute atomic E-state index is 0.113. The molecule has 4 heterocycles. The highest BCUT2D eigenvalue weighted by Crippen LogP contribution is 2.34. The van der Waals surface area contributed by atoms with Crippen LogP contribution in [0.1, 0.15) is 6.23 Å². The summed E-state index contributed by atoms with van der Waals surface area (Å²) in [6, 6.07) is 0. The van der Waals surface area contributed by atoms with E-state index in [-0.39, 0.29) is 11.2 Å². The fourth-order valence-corrected chi connectivity index (χ4v) is 3.22. The molecule has 2 fully saturated rings. The number of hydrogen-bond acceptors (Lipinski definition) is 9. The first-order valence-corrected chi connectivity index (χ1v) is 8.02. The van der Waals surface area contributed by atoms with Crippen LogP contribution in [0, 0.1) is 0 Å². The van der Waals surface area contributed by atoms with Gasteiger partial charge in [0.05, 0.1) is 26.1 Å². The van der Waals surface area contributed by atoms with Crippen LogP contribution in [0.3, 0.4) is 0 Å². The lowest BCUT2D eigenvalue weighted by molar-refractivity contribution is -0.0506. The molecule has 0 amide bonds. The van der Waals surface area contributed by atoms with E-state index in [1.807, 2.05) is 4.90 Å². The number of ether oxygens (including phenoxy) is 2. The molecule has 0 radical (unpaired) electrons. The Morgan fingerprint density at radius 2 is 2.04 bits per heavy atom. The lowest BCUT2D eigenvalue weighted by atomic mass is 10.1. The number of hydrogen-bond donors (Lipinski definition) is 4. The van der Waals surface area contributed by atoms with Gasteiger partial charge in [0.2, 0.25) is 5.95 Å². The van der Waals surface area contributed by atoms with Crippen LogP contribution in [-0.2, 0) is 9.47 Å². The molecule has 0 aliphatic carbocycles. The minimum Gasteiger partial charge on any atom is -0.394 e. The summed E-state index contributed by atoms with van der Waals surface area (Å²) in [6.45, 7) is 1.67. The Labute approximate surface area is 141 Å². The average molecular weight is 353 g/mol. The molecular formula is C14H19N5O6. The molecule has 0 saturated carbocycles. The van der Waals surface area contributed by atoms with Gasteiger partial charge in [-0.1, -0.05) is 0 Å². The Morgan fingerprint density at radius 3 is 2.72 bits per heavy atom. The molecule has 0 unspecified atom stereocenters. The monoisotopic (exact) mass is 353 g/mol. The zero-order valence-corrected chi connectivity index (χ0v) is 13.3. The molecule has 2 aliphatic heterocycles. The lowest BCUT2D eigenvalue weighted by Gasteiger charge is -2.30. The van der Waals surface area contributed by atoms with Crippen LogP contribution in [0.4, 0.5) is 5.95 Å². The van der Waals surface area contributed by atoms with Crippen LogP contribution in [-0.4, -0.2) is 86.1 Å². The van der Waals surface area contributed by atoms with E-state index in [0.717, 1.165) is 0 Å². The summed E-state index contributed by atoms with van der Waals surface area (Å²) in [7, 11) is 0. The van der Waals surface area contributed by atoms with E-state index in [1.54, 1.807) is 0 Å². The molecule has 2 aromatic rings. The van der Waals surface area contributed by atoms with Crippen molar-refractivity contribution >= 4 is 17.1 Å². The summed E-state index contributed by atoms with van der Waals surface area (Å²) in [6.07, 6.45) is -3.27. The topological polar surface area (TPSA) is 146 Å². The first-order valence-electron chi connectivity index (χ1n) is 8.02. The van der Waals surface area contributed by atoms with Crippen LogP contribution < -0.4 is 10.5 Å². The van der Waals surface area contributed by atoms with Crippen molar-refractivity contribution in [2.75, 3.05) is 37.8 Å². The summed E-state index contributed by atoms with van der Waals surface area (Å²) in [5.41, 5.74) is -0.0631. The van der Waals surface area contributed by atoms with Gasteiger partial charge in [0, 0.05) is 13.1 Å². The van der Waals surface area contributed by atoms with Gasteiger partial charge >= 0.3 is 0 Å².